The van der Waals surface area contributed by atoms with Crippen LogP contribution in [0.5, 0.6) is 0 Å². The number of carbonyl (C=O) groups is 2. The zero-order valence-corrected chi connectivity index (χ0v) is 14.0. The first kappa shape index (κ1) is 16.9. The van der Waals surface area contributed by atoms with Crippen LogP contribution in [0.15, 0.2) is 88.4 Å². The van der Waals surface area contributed by atoms with Gasteiger partial charge in [0, 0.05) is 4.90 Å². The van der Waals surface area contributed by atoms with Crippen LogP contribution in [-0.4, -0.2) is 11.8 Å². The molecule has 6 heteroatoms. The van der Waals surface area contributed by atoms with E-state index >= 15 is 0 Å². The summed E-state index contributed by atoms with van der Waals surface area (Å²) in [5.41, 5.74) is 5.69. The number of hydrogen-bond donors (Lipinski definition) is 2. The fraction of sp³-hybridized carbons (Fsp3) is 0.0526. The van der Waals surface area contributed by atoms with Gasteiger partial charge in [0.15, 0.2) is 5.76 Å². The van der Waals surface area contributed by atoms with Crippen LogP contribution in [0.1, 0.15) is 21.4 Å². The van der Waals surface area contributed by atoms with Gasteiger partial charge in [-0.25, -0.2) is 0 Å². The second kappa shape index (κ2) is 8.21. The Morgan fingerprint density at radius 3 is 2.16 bits per heavy atom. The van der Waals surface area contributed by atoms with E-state index in [0.29, 0.717) is 0 Å². The summed E-state index contributed by atoms with van der Waals surface area (Å²) in [4.78, 5) is 25.5. The molecule has 1 heterocycles. The average molecular weight is 352 g/mol. The summed E-state index contributed by atoms with van der Waals surface area (Å²) in [6.07, 6.45) is 1.40. The van der Waals surface area contributed by atoms with Gasteiger partial charge in [-0.15, -0.1) is 11.8 Å². The number of rotatable bonds is 5. The number of furan rings is 1. The van der Waals surface area contributed by atoms with E-state index in [0.717, 1.165) is 10.5 Å². The molecule has 0 radical (unpaired) electrons. The molecule has 0 unspecified atom stereocenters. The summed E-state index contributed by atoms with van der Waals surface area (Å²) < 4.78 is 5.00. The molecule has 2 aromatic carbocycles. The van der Waals surface area contributed by atoms with Crippen molar-refractivity contribution < 1.29 is 14.0 Å². The van der Waals surface area contributed by atoms with Gasteiger partial charge in [-0.05, 0) is 29.8 Å². The molecule has 0 aliphatic carbocycles. The molecule has 1 aromatic heterocycles. The Hall–Kier alpha value is -2.99. The fourth-order valence-corrected chi connectivity index (χ4v) is 3.23. The first-order chi connectivity index (χ1) is 12.2. The molecule has 126 valence electrons. The second-order valence-electron chi connectivity index (χ2n) is 5.14. The molecular weight excluding hydrogens is 336 g/mol. The third kappa shape index (κ3) is 4.51. The Morgan fingerprint density at radius 1 is 0.840 bits per heavy atom. The van der Waals surface area contributed by atoms with E-state index in [1.54, 1.807) is 6.07 Å². The van der Waals surface area contributed by atoms with Gasteiger partial charge in [0.2, 0.25) is 0 Å². The van der Waals surface area contributed by atoms with Crippen LogP contribution in [0, 0.1) is 0 Å². The maximum Gasteiger partial charge on any atom is 0.305 e. The van der Waals surface area contributed by atoms with E-state index in [9.17, 15) is 9.59 Å². The molecule has 1 atom stereocenters. The van der Waals surface area contributed by atoms with Crippen LogP contribution in [0.4, 0.5) is 0 Å². The molecule has 2 N–H and O–H groups in total. The maximum atomic E-state index is 12.6. The van der Waals surface area contributed by atoms with Crippen molar-refractivity contribution in [3.05, 3.63) is 90.4 Å². The molecule has 0 aliphatic heterocycles. The summed E-state index contributed by atoms with van der Waals surface area (Å²) in [7, 11) is 0. The number of carbonyl (C=O) groups excluding carboxylic acids is 2. The van der Waals surface area contributed by atoms with Crippen LogP contribution in [0.2, 0.25) is 0 Å². The summed E-state index contributed by atoms with van der Waals surface area (Å²) in [5, 5.41) is -0.500. The maximum absolute atomic E-state index is 12.6. The molecule has 0 saturated carbocycles. The highest BCUT2D eigenvalue weighted by Gasteiger charge is 2.22. The lowest BCUT2D eigenvalue weighted by Gasteiger charge is -2.17. The predicted molar refractivity (Wildman–Crippen MR) is 95.8 cm³/mol. The molecule has 3 aromatic rings. The predicted octanol–water partition coefficient (Wildman–Crippen LogP) is 3.57. The number of benzene rings is 2. The van der Waals surface area contributed by atoms with Gasteiger partial charge in [-0.1, -0.05) is 48.5 Å². The Labute approximate surface area is 149 Å². The number of nitrogens with one attached hydrogen (secondary N) is 2. The fourth-order valence-electron chi connectivity index (χ4n) is 2.19. The molecule has 3 rings (SSSR count). The van der Waals surface area contributed by atoms with Gasteiger partial charge in [0.05, 0.1) is 6.26 Å². The van der Waals surface area contributed by atoms with Crippen LogP contribution < -0.4 is 10.9 Å². The number of amides is 2. The standard InChI is InChI=1S/C19H16N2O3S/c22-18(16-12-7-13-24-16)20-21-19(23)17(14-8-3-1-4-9-14)25-15-10-5-2-6-11-15/h1-13,17H,(H,20,22)(H,21,23)/t17-/m1/s1. The van der Waals surface area contributed by atoms with E-state index < -0.39 is 11.2 Å². The Kier molecular flexibility index (Phi) is 5.53. The largest absolute Gasteiger partial charge is 0.459 e. The van der Waals surface area contributed by atoms with Crippen LogP contribution in [0.3, 0.4) is 0 Å². The highest BCUT2D eigenvalue weighted by molar-refractivity contribution is 8.00. The lowest BCUT2D eigenvalue weighted by atomic mass is 10.1. The smallest absolute Gasteiger partial charge is 0.305 e. The van der Waals surface area contributed by atoms with Crippen molar-refractivity contribution >= 4 is 23.6 Å². The number of hydrazine groups is 1. The van der Waals surface area contributed by atoms with Crippen molar-refractivity contribution in [1.82, 2.24) is 10.9 Å². The molecule has 0 spiro atoms. The molecule has 2 amide bonds. The normalized spacial score (nSPS) is 11.5. The second-order valence-corrected chi connectivity index (χ2v) is 6.32. The topological polar surface area (TPSA) is 71.3 Å². The minimum absolute atomic E-state index is 0.132. The van der Waals surface area contributed by atoms with Crippen LogP contribution in [0.25, 0.3) is 0 Å². The summed E-state index contributed by atoms with van der Waals surface area (Å²) in [5.74, 6) is -0.692. The third-order valence-electron chi connectivity index (χ3n) is 3.38. The third-order valence-corrected chi connectivity index (χ3v) is 4.65. The lowest BCUT2D eigenvalue weighted by Crippen LogP contribution is -2.43. The Balaban J connectivity index is 1.72. The lowest BCUT2D eigenvalue weighted by molar-refractivity contribution is -0.121. The molecule has 0 aliphatic rings. The van der Waals surface area contributed by atoms with E-state index in [1.165, 1.54) is 24.1 Å². The van der Waals surface area contributed by atoms with Gasteiger partial charge >= 0.3 is 5.91 Å². The van der Waals surface area contributed by atoms with Crippen molar-refractivity contribution in [3.8, 4) is 0 Å². The van der Waals surface area contributed by atoms with Gasteiger partial charge in [0.25, 0.3) is 5.91 Å². The highest BCUT2D eigenvalue weighted by Crippen LogP contribution is 2.35. The van der Waals surface area contributed by atoms with Crippen molar-refractivity contribution in [2.45, 2.75) is 10.1 Å². The molecule has 0 bridgehead atoms. The van der Waals surface area contributed by atoms with Crippen molar-refractivity contribution in [2.75, 3.05) is 0 Å². The van der Waals surface area contributed by atoms with E-state index in [4.69, 9.17) is 4.42 Å². The monoisotopic (exact) mass is 352 g/mol. The molecule has 0 saturated heterocycles. The SMILES string of the molecule is O=C(NNC(=O)[C@H](Sc1ccccc1)c1ccccc1)c1ccco1. The minimum atomic E-state index is -0.505. The summed E-state index contributed by atoms with van der Waals surface area (Å²) >= 11 is 1.41. The summed E-state index contributed by atoms with van der Waals surface area (Å²) in [6.45, 7) is 0. The Bertz CT molecular complexity index is 820. The molecule has 0 fully saturated rings. The van der Waals surface area contributed by atoms with E-state index in [-0.39, 0.29) is 11.7 Å². The van der Waals surface area contributed by atoms with Gasteiger partial charge < -0.3 is 4.42 Å². The average Bonchev–Trinajstić information content (AvgIpc) is 3.20. The van der Waals surface area contributed by atoms with Crippen LogP contribution >= 0.6 is 11.8 Å². The first-order valence-electron chi connectivity index (χ1n) is 7.64. The number of thioether (sulfide) groups is 1. The van der Waals surface area contributed by atoms with Gasteiger partial charge in [-0.3, -0.25) is 20.4 Å². The Morgan fingerprint density at radius 2 is 1.52 bits per heavy atom. The van der Waals surface area contributed by atoms with E-state index in [2.05, 4.69) is 10.9 Å². The van der Waals surface area contributed by atoms with Crippen molar-refractivity contribution in [1.29, 1.82) is 0 Å². The van der Waals surface area contributed by atoms with Gasteiger partial charge in [-0.2, -0.15) is 0 Å². The zero-order chi connectivity index (χ0) is 17.5. The first-order valence-corrected chi connectivity index (χ1v) is 8.52. The molecular formula is C19H16N2O3S. The van der Waals surface area contributed by atoms with Gasteiger partial charge in [0.1, 0.15) is 5.25 Å². The minimum Gasteiger partial charge on any atom is -0.459 e. The summed E-state index contributed by atoms with van der Waals surface area (Å²) in [6, 6.07) is 22.2. The van der Waals surface area contributed by atoms with Crippen LogP contribution in [-0.2, 0) is 4.79 Å². The molecule has 5 nitrogen and oxygen atoms in total. The van der Waals surface area contributed by atoms with Crippen molar-refractivity contribution in [3.63, 3.8) is 0 Å². The van der Waals surface area contributed by atoms with Crippen molar-refractivity contribution in [2.24, 2.45) is 0 Å². The number of hydrogen-bond acceptors (Lipinski definition) is 4. The molecule has 25 heavy (non-hydrogen) atoms. The quantitative estimate of drug-likeness (QED) is 0.544. The zero-order valence-electron chi connectivity index (χ0n) is 13.2. The highest BCUT2D eigenvalue weighted by atomic mass is 32.2. The van der Waals surface area contributed by atoms with E-state index in [1.807, 2.05) is 60.7 Å².